The van der Waals surface area contributed by atoms with Gasteiger partial charge in [-0.05, 0) is 37.1 Å². The molecule has 1 heterocycles. The normalized spacial score (nSPS) is 10.4. The third-order valence-electron chi connectivity index (χ3n) is 2.38. The van der Waals surface area contributed by atoms with Gasteiger partial charge in [0.1, 0.15) is 12.1 Å². The van der Waals surface area contributed by atoms with Gasteiger partial charge in [0.2, 0.25) is 5.95 Å². The Labute approximate surface area is 107 Å². The quantitative estimate of drug-likeness (QED) is 0.858. The van der Waals surface area contributed by atoms with Crippen LogP contribution >= 0.6 is 15.9 Å². The summed E-state index contributed by atoms with van der Waals surface area (Å²) in [6.07, 6.45) is 1.20. The number of benzene rings is 1. The number of aromatic nitrogens is 2. The molecule has 0 saturated carbocycles. The molecule has 5 heteroatoms. The van der Waals surface area contributed by atoms with Gasteiger partial charge in [-0.2, -0.15) is 4.39 Å². The first kappa shape index (κ1) is 12.0. The molecule has 0 aliphatic rings. The largest absolute Gasteiger partial charge is 0.340 e. The first-order valence-electron chi connectivity index (χ1n) is 5.07. The lowest BCUT2D eigenvalue weighted by molar-refractivity contribution is 0.580. The Balaban J connectivity index is 2.36. The van der Waals surface area contributed by atoms with Crippen LogP contribution in [0, 0.1) is 19.8 Å². The SMILES string of the molecule is Cc1cc(Br)cc(C)c1Nc1cc(F)ncn1. The van der Waals surface area contributed by atoms with E-state index >= 15 is 0 Å². The van der Waals surface area contributed by atoms with Crippen LogP contribution in [0.2, 0.25) is 0 Å². The van der Waals surface area contributed by atoms with Crippen molar-refractivity contribution < 1.29 is 4.39 Å². The van der Waals surface area contributed by atoms with Crippen molar-refractivity contribution >= 4 is 27.4 Å². The molecule has 2 rings (SSSR count). The summed E-state index contributed by atoms with van der Waals surface area (Å²) in [6, 6.07) is 5.25. The van der Waals surface area contributed by atoms with E-state index in [9.17, 15) is 4.39 Å². The van der Waals surface area contributed by atoms with Crippen molar-refractivity contribution in [2.45, 2.75) is 13.8 Å². The molecule has 17 heavy (non-hydrogen) atoms. The molecule has 0 bridgehead atoms. The minimum Gasteiger partial charge on any atom is -0.340 e. The van der Waals surface area contributed by atoms with E-state index in [4.69, 9.17) is 0 Å². The molecule has 0 amide bonds. The average Bonchev–Trinajstić information content (AvgIpc) is 2.23. The van der Waals surface area contributed by atoms with E-state index in [-0.39, 0.29) is 0 Å². The lowest BCUT2D eigenvalue weighted by Crippen LogP contribution is -1.99. The Morgan fingerprint density at radius 3 is 2.35 bits per heavy atom. The molecular weight excluding hydrogens is 285 g/mol. The van der Waals surface area contributed by atoms with Gasteiger partial charge in [-0.25, -0.2) is 9.97 Å². The maximum Gasteiger partial charge on any atom is 0.218 e. The van der Waals surface area contributed by atoms with E-state index in [0.717, 1.165) is 21.3 Å². The number of aryl methyl sites for hydroxylation is 2. The van der Waals surface area contributed by atoms with Gasteiger partial charge >= 0.3 is 0 Å². The number of rotatable bonds is 2. The Kier molecular flexibility index (Phi) is 3.38. The molecule has 3 nitrogen and oxygen atoms in total. The molecule has 1 aromatic heterocycles. The smallest absolute Gasteiger partial charge is 0.218 e. The van der Waals surface area contributed by atoms with Crippen LogP contribution in [-0.2, 0) is 0 Å². The maximum atomic E-state index is 12.9. The van der Waals surface area contributed by atoms with Crippen LogP contribution in [0.3, 0.4) is 0 Å². The molecule has 0 saturated heterocycles. The zero-order chi connectivity index (χ0) is 12.4. The van der Waals surface area contributed by atoms with Crippen molar-refractivity contribution in [3.05, 3.63) is 46.1 Å². The van der Waals surface area contributed by atoms with E-state index in [2.05, 4.69) is 31.2 Å². The highest BCUT2D eigenvalue weighted by Gasteiger charge is 2.06. The van der Waals surface area contributed by atoms with Crippen molar-refractivity contribution in [3.8, 4) is 0 Å². The van der Waals surface area contributed by atoms with Crippen LogP contribution in [0.25, 0.3) is 0 Å². The second-order valence-electron chi connectivity index (χ2n) is 3.77. The second kappa shape index (κ2) is 4.79. The highest BCUT2D eigenvalue weighted by atomic mass is 79.9. The van der Waals surface area contributed by atoms with E-state index in [0.29, 0.717) is 5.82 Å². The Bertz CT molecular complexity index is 534. The first-order valence-corrected chi connectivity index (χ1v) is 5.87. The van der Waals surface area contributed by atoms with Crippen molar-refractivity contribution in [1.29, 1.82) is 0 Å². The zero-order valence-electron chi connectivity index (χ0n) is 9.46. The van der Waals surface area contributed by atoms with Gasteiger partial charge in [-0.1, -0.05) is 15.9 Å². The van der Waals surface area contributed by atoms with E-state index in [1.807, 2.05) is 26.0 Å². The van der Waals surface area contributed by atoms with Crippen LogP contribution in [0.5, 0.6) is 0 Å². The minimum absolute atomic E-state index is 0.450. The molecule has 88 valence electrons. The summed E-state index contributed by atoms with van der Waals surface area (Å²) in [7, 11) is 0. The predicted molar refractivity (Wildman–Crippen MR) is 68.9 cm³/mol. The number of nitrogens with one attached hydrogen (secondary N) is 1. The summed E-state index contributed by atoms with van der Waals surface area (Å²) in [5.74, 6) is -0.0964. The molecule has 0 spiro atoms. The highest BCUT2D eigenvalue weighted by molar-refractivity contribution is 9.10. The van der Waals surface area contributed by atoms with Gasteiger partial charge in [0.05, 0.1) is 0 Å². The molecule has 0 radical (unpaired) electrons. The highest BCUT2D eigenvalue weighted by Crippen LogP contribution is 2.27. The van der Waals surface area contributed by atoms with Gasteiger partial charge in [0.15, 0.2) is 0 Å². The summed E-state index contributed by atoms with van der Waals surface area (Å²) < 4.78 is 14.0. The fourth-order valence-electron chi connectivity index (χ4n) is 1.64. The van der Waals surface area contributed by atoms with E-state index in [1.165, 1.54) is 12.4 Å². The molecule has 0 unspecified atom stereocenters. The van der Waals surface area contributed by atoms with Crippen molar-refractivity contribution in [3.63, 3.8) is 0 Å². The number of halogens is 2. The average molecular weight is 296 g/mol. The predicted octanol–water partition coefficient (Wildman–Crippen LogP) is 3.74. The van der Waals surface area contributed by atoms with Gasteiger partial charge in [0.25, 0.3) is 0 Å². The molecule has 1 N–H and O–H groups in total. The minimum atomic E-state index is -0.546. The number of nitrogens with zero attached hydrogens (tertiary/aromatic N) is 2. The Morgan fingerprint density at radius 1 is 1.12 bits per heavy atom. The van der Waals surface area contributed by atoms with Gasteiger partial charge in [-0.3, -0.25) is 0 Å². The van der Waals surface area contributed by atoms with Gasteiger partial charge in [0, 0.05) is 16.2 Å². The summed E-state index contributed by atoms with van der Waals surface area (Å²) in [5, 5.41) is 3.10. The summed E-state index contributed by atoms with van der Waals surface area (Å²) in [6.45, 7) is 3.97. The van der Waals surface area contributed by atoms with Crippen LogP contribution < -0.4 is 5.32 Å². The number of anilines is 2. The summed E-state index contributed by atoms with van der Waals surface area (Å²) in [4.78, 5) is 7.38. The van der Waals surface area contributed by atoms with Crippen molar-refractivity contribution in [1.82, 2.24) is 9.97 Å². The van der Waals surface area contributed by atoms with Gasteiger partial charge in [-0.15, -0.1) is 0 Å². The van der Waals surface area contributed by atoms with Crippen molar-refractivity contribution in [2.24, 2.45) is 0 Å². The molecule has 2 aromatic rings. The van der Waals surface area contributed by atoms with E-state index < -0.39 is 5.95 Å². The molecular formula is C12H11BrFN3. The third kappa shape index (κ3) is 2.79. The standard InChI is InChI=1S/C12H11BrFN3/c1-7-3-9(13)4-8(2)12(7)17-11-5-10(14)15-6-16-11/h3-6H,1-2H3,(H,15,16,17). The zero-order valence-corrected chi connectivity index (χ0v) is 11.0. The fourth-order valence-corrected chi connectivity index (χ4v) is 2.32. The Hall–Kier alpha value is -1.49. The lowest BCUT2D eigenvalue weighted by atomic mass is 10.1. The van der Waals surface area contributed by atoms with Crippen LogP contribution in [0.1, 0.15) is 11.1 Å². The Morgan fingerprint density at radius 2 is 1.76 bits per heavy atom. The molecule has 0 fully saturated rings. The fraction of sp³-hybridized carbons (Fsp3) is 0.167. The number of hydrogen-bond donors (Lipinski definition) is 1. The monoisotopic (exact) mass is 295 g/mol. The third-order valence-corrected chi connectivity index (χ3v) is 2.84. The second-order valence-corrected chi connectivity index (χ2v) is 4.68. The summed E-state index contributed by atoms with van der Waals surface area (Å²) >= 11 is 3.43. The van der Waals surface area contributed by atoms with Crippen molar-refractivity contribution in [2.75, 3.05) is 5.32 Å². The topological polar surface area (TPSA) is 37.8 Å². The van der Waals surface area contributed by atoms with Gasteiger partial charge < -0.3 is 5.32 Å². The first-order chi connectivity index (χ1) is 8.06. The van der Waals surface area contributed by atoms with E-state index in [1.54, 1.807) is 0 Å². The molecule has 0 aliphatic heterocycles. The molecule has 1 aromatic carbocycles. The van der Waals surface area contributed by atoms with Crippen LogP contribution in [-0.4, -0.2) is 9.97 Å². The van der Waals surface area contributed by atoms with Crippen LogP contribution in [0.15, 0.2) is 29.0 Å². The number of hydrogen-bond acceptors (Lipinski definition) is 3. The lowest BCUT2D eigenvalue weighted by Gasteiger charge is -2.12. The maximum absolute atomic E-state index is 12.9. The summed E-state index contributed by atoms with van der Waals surface area (Å²) in [5.41, 5.74) is 3.07. The molecule has 0 aliphatic carbocycles. The molecule has 0 atom stereocenters. The van der Waals surface area contributed by atoms with Crippen LogP contribution in [0.4, 0.5) is 15.9 Å².